The normalized spacial score (nSPS) is 14.5. The summed E-state index contributed by atoms with van der Waals surface area (Å²) in [7, 11) is -2.24. The Balaban J connectivity index is 1.42. The van der Waals surface area contributed by atoms with Crippen LogP contribution in [0.15, 0.2) is 18.2 Å². The average Bonchev–Trinajstić information content (AvgIpc) is 3.38. The van der Waals surface area contributed by atoms with Gasteiger partial charge in [0.1, 0.15) is 5.00 Å². The monoisotopic (exact) mass is 494 g/mol. The predicted octanol–water partition coefficient (Wildman–Crippen LogP) is 3.33. The number of benzene rings is 1. The van der Waals surface area contributed by atoms with Crippen LogP contribution in [0.3, 0.4) is 0 Å². The summed E-state index contributed by atoms with van der Waals surface area (Å²) in [5.74, 6) is 0.316. The van der Waals surface area contributed by atoms with Crippen molar-refractivity contribution in [3.8, 4) is 11.5 Å². The molecule has 0 atom stereocenters. The SMILES string of the molecule is COC(=O)c1c(NC(=O)CCCN(c2ccc3c(c2)OCO3)S(C)(=O)=O)sc2c1CCCC2. The van der Waals surface area contributed by atoms with E-state index in [0.717, 1.165) is 42.4 Å². The zero-order valence-electron chi connectivity index (χ0n) is 18.5. The van der Waals surface area contributed by atoms with Crippen LogP contribution in [-0.4, -0.2) is 47.0 Å². The molecule has 2 aromatic rings. The van der Waals surface area contributed by atoms with E-state index in [-0.39, 0.29) is 25.7 Å². The van der Waals surface area contributed by atoms with Gasteiger partial charge in [-0.3, -0.25) is 9.10 Å². The molecular weight excluding hydrogens is 468 g/mol. The third-order valence-electron chi connectivity index (χ3n) is 5.62. The van der Waals surface area contributed by atoms with Gasteiger partial charge in [0.15, 0.2) is 11.5 Å². The molecule has 2 heterocycles. The maximum Gasteiger partial charge on any atom is 0.341 e. The van der Waals surface area contributed by atoms with E-state index in [1.54, 1.807) is 18.2 Å². The number of methoxy groups -OCH3 is 1. The molecule has 9 nitrogen and oxygen atoms in total. The number of aryl methyl sites for hydroxylation is 1. The van der Waals surface area contributed by atoms with Gasteiger partial charge >= 0.3 is 5.97 Å². The molecule has 33 heavy (non-hydrogen) atoms. The number of rotatable bonds is 8. The Morgan fingerprint density at radius 1 is 1.18 bits per heavy atom. The highest BCUT2D eigenvalue weighted by atomic mass is 32.2. The number of anilines is 2. The Kier molecular flexibility index (Phi) is 6.80. The van der Waals surface area contributed by atoms with E-state index in [1.165, 1.54) is 22.8 Å². The second kappa shape index (κ2) is 9.60. The number of sulfonamides is 1. The number of ether oxygens (including phenoxy) is 3. The molecule has 0 saturated carbocycles. The fourth-order valence-electron chi connectivity index (χ4n) is 4.07. The molecule has 178 valence electrons. The highest BCUT2D eigenvalue weighted by Crippen LogP contribution is 2.39. The Bertz CT molecular complexity index is 1170. The Morgan fingerprint density at radius 2 is 1.94 bits per heavy atom. The van der Waals surface area contributed by atoms with E-state index >= 15 is 0 Å². The Labute approximate surface area is 196 Å². The number of carbonyl (C=O) groups is 2. The van der Waals surface area contributed by atoms with Crippen LogP contribution in [0, 0.1) is 0 Å². The van der Waals surface area contributed by atoms with Crippen LogP contribution in [-0.2, 0) is 32.4 Å². The number of nitrogens with zero attached hydrogens (tertiary/aromatic N) is 1. The zero-order chi connectivity index (χ0) is 23.6. The van der Waals surface area contributed by atoms with Gasteiger partial charge in [0.25, 0.3) is 0 Å². The van der Waals surface area contributed by atoms with Crippen molar-refractivity contribution in [2.45, 2.75) is 38.5 Å². The molecule has 1 amide bonds. The molecule has 1 aromatic heterocycles. The first-order valence-electron chi connectivity index (χ1n) is 10.7. The van der Waals surface area contributed by atoms with Gasteiger partial charge in [-0.2, -0.15) is 0 Å². The first-order valence-corrected chi connectivity index (χ1v) is 13.3. The molecule has 2 aliphatic rings. The summed E-state index contributed by atoms with van der Waals surface area (Å²) in [6, 6.07) is 4.92. The van der Waals surface area contributed by atoms with Crippen LogP contribution in [0.2, 0.25) is 0 Å². The fourth-order valence-corrected chi connectivity index (χ4v) is 6.32. The number of fused-ring (bicyclic) bond motifs is 2. The number of hydrogen-bond donors (Lipinski definition) is 1. The van der Waals surface area contributed by atoms with Crippen LogP contribution >= 0.6 is 11.3 Å². The smallest absolute Gasteiger partial charge is 0.341 e. The van der Waals surface area contributed by atoms with Crippen molar-refractivity contribution in [1.82, 2.24) is 0 Å². The summed E-state index contributed by atoms with van der Waals surface area (Å²) in [4.78, 5) is 26.1. The van der Waals surface area contributed by atoms with E-state index < -0.39 is 16.0 Å². The van der Waals surface area contributed by atoms with Gasteiger partial charge < -0.3 is 19.5 Å². The lowest BCUT2D eigenvalue weighted by molar-refractivity contribution is -0.116. The summed E-state index contributed by atoms with van der Waals surface area (Å²) in [5.41, 5.74) is 1.86. The van der Waals surface area contributed by atoms with Crippen molar-refractivity contribution in [2.24, 2.45) is 0 Å². The van der Waals surface area contributed by atoms with Gasteiger partial charge in [-0.25, -0.2) is 13.2 Å². The van der Waals surface area contributed by atoms with Crippen molar-refractivity contribution < 1.29 is 32.2 Å². The molecule has 1 aliphatic heterocycles. The first-order chi connectivity index (χ1) is 15.8. The van der Waals surface area contributed by atoms with Gasteiger partial charge in [-0.1, -0.05) is 0 Å². The zero-order valence-corrected chi connectivity index (χ0v) is 20.1. The lowest BCUT2D eigenvalue weighted by Gasteiger charge is -2.22. The number of nitrogens with one attached hydrogen (secondary N) is 1. The number of esters is 1. The number of hydrogen-bond acceptors (Lipinski definition) is 8. The number of carbonyl (C=O) groups excluding carboxylic acids is 2. The lowest BCUT2D eigenvalue weighted by atomic mass is 9.95. The molecular formula is C22H26N2O7S2. The largest absolute Gasteiger partial charge is 0.465 e. The molecule has 11 heteroatoms. The highest BCUT2D eigenvalue weighted by Gasteiger charge is 2.27. The summed E-state index contributed by atoms with van der Waals surface area (Å²) in [5, 5.41) is 3.35. The predicted molar refractivity (Wildman–Crippen MR) is 125 cm³/mol. The standard InChI is InChI=1S/C22H26N2O7S2/c1-29-22(26)20-15-6-3-4-7-18(15)32-21(20)23-19(25)8-5-11-24(33(2,27)28)14-9-10-16-17(12-14)31-13-30-16/h9-10,12H,3-8,11,13H2,1-2H3,(H,23,25). The van der Waals surface area contributed by atoms with E-state index in [9.17, 15) is 18.0 Å². The molecule has 1 N–H and O–H groups in total. The lowest BCUT2D eigenvalue weighted by Crippen LogP contribution is -2.31. The minimum Gasteiger partial charge on any atom is -0.465 e. The van der Waals surface area contributed by atoms with Crippen molar-refractivity contribution in [1.29, 1.82) is 0 Å². The third-order valence-corrected chi connectivity index (χ3v) is 8.02. The van der Waals surface area contributed by atoms with E-state index in [4.69, 9.17) is 14.2 Å². The summed E-state index contributed by atoms with van der Waals surface area (Å²) < 4.78 is 41.5. The molecule has 1 aromatic carbocycles. The van der Waals surface area contributed by atoms with Crippen molar-refractivity contribution in [2.75, 3.05) is 36.3 Å². The topological polar surface area (TPSA) is 111 Å². The Morgan fingerprint density at radius 3 is 2.70 bits per heavy atom. The highest BCUT2D eigenvalue weighted by molar-refractivity contribution is 7.92. The minimum absolute atomic E-state index is 0.0948. The molecule has 0 saturated heterocycles. The van der Waals surface area contributed by atoms with Gasteiger partial charge in [0.05, 0.1) is 24.6 Å². The Hall–Kier alpha value is -2.79. The van der Waals surface area contributed by atoms with Crippen molar-refractivity contribution in [3.05, 3.63) is 34.2 Å². The van der Waals surface area contributed by atoms with Crippen LogP contribution in [0.25, 0.3) is 0 Å². The maximum absolute atomic E-state index is 12.6. The molecule has 0 spiro atoms. The van der Waals surface area contributed by atoms with Gasteiger partial charge in [-0.15, -0.1) is 11.3 Å². The molecule has 0 unspecified atom stereocenters. The summed E-state index contributed by atoms with van der Waals surface area (Å²) >= 11 is 1.42. The second-order valence-electron chi connectivity index (χ2n) is 7.93. The van der Waals surface area contributed by atoms with Crippen LogP contribution in [0.4, 0.5) is 10.7 Å². The first kappa shape index (κ1) is 23.4. The van der Waals surface area contributed by atoms with Crippen LogP contribution < -0.4 is 19.1 Å². The quantitative estimate of drug-likeness (QED) is 0.560. The maximum atomic E-state index is 12.6. The average molecular weight is 495 g/mol. The van der Waals surface area contributed by atoms with E-state index in [1.807, 2.05) is 0 Å². The minimum atomic E-state index is -3.57. The van der Waals surface area contributed by atoms with Crippen molar-refractivity contribution in [3.63, 3.8) is 0 Å². The molecule has 4 rings (SSSR count). The van der Waals surface area contributed by atoms with Gasteiger partial charge in [-0.05, 0) is 49.8 Å². The van der Waals surface area contributed by atoms with Crippen LogP contribution in [0.5, 0.6) is 11.5 Å². The summed E-state index contributed by atoms with van der Waals surface area (Å²) in [6.07, 6.45) is 5.26. The molecule has 0 radical (unpaired) electrons. The third kappa shape index (κ3) is 5.09. The number of thiophene rings is 1. The van der Waals surface area contributed by atoms with E-state index in [0.29, 0.717) is 34.2 Å². The second-order valence-corrected chi connectivity index (χ2v) is 10.9. The van der Waals surface area contributed by atoms with Gasteiger partial charge in [0.2, 0.25) is 22.7 Å². The van der Waals surface area contributed by atoms with Crippen molar-refractivity contribution >= 4 is 43.9 Å². The summed E-state index contributed by atoms with van der Waals surface area (Å²) in [6.45, 7) is 0.217. The fraction of sp³-hybridized carbons (Fsp3) is 0.455. The van der Waals surface area contributed by atoms with Crippen LogP contribution in [0.1, 0.15) is 46.5 Å². The molecule has 0 bridgehead atoms. The number of amides is 1. The molecule has 1 aliphatic carbocycles. The van der Waals surface area contributed by atoms with E-state index in [2.05, 4.69) is 5.32 Å². The molecule has 0 fully saturated rings. The van der Waals surface area contributed by atoms with Gasteiger partial charge in [0, 0.05) is 23.9 Å².